The summed E-state index contributed by atoms with van der Waals surface area (Å²) in [5.74, 6) is 0. The Bertz CT molecular complexity index is 451. The third-order valence-corrected chi connectivity index (χ3v) is 5.46. The van der Waals surface area contributed by atoms with Crippen LogP contribution < -0.4 is 5.32 Å². The molecule has 0 aromatic heterocycles. The standard InChI is InChI=1S/C19H30N2/c1-3-20-19-17-13-9-8-10-15(17)14-18(19)21(4-2)16-11-6-5-7-12-16/h8-10,13,16,18-20H,3-7,11-12,14H2,1-2H3. The summed E-state index contributed by atoms with van der Waals surface area (Å²) in [6.45, 7) is 6.82. The van der Waals surface area contributed by atoms with Gasteiger partial charge in [0.15, 0.2) is 0 Å². The number of hydrogen-bond acceptors (Lipinski definition) is 2. The molecule has 2 unspecified atom stereocenters. The Morgan fingerprint density at radius 1 is 1.10 bits per heavy atom. The Morgan fingerprint density at radius 3 is 2.57 bits per heavy atom. The van der Waals surface area contributed by atoms with E-state index in [4.69, 9.17) is 0 Å². The van der Waals surface area contributed by atoms with E-state index in [1.807, 2.05) is 0 Å². The van der Waals surface area contributed by atoms with Crippen LogP contribution in [0.15, 0.2) is 24.3 Å². The first-order valence-corrected chi connectivity index (χ1v) is 8.92. The second kappa shape index (κ2) is 6.93. The van der Waals surface area contributed by atoms with Crippen LogP contribution in [0.3, 0.4) is 0 Å². The van der Waals surface area contributed by atoms with Crippen LogP contribution in [0.5, 0.6) is 0 Å². The Hall–Kier alpha value is -0.860. The zero-order valence-corrected chi connectivity index (χ0v) is 13.6. The molecule has 0 spiro atoms. The third kappa shape index (κ3) is 3.02. The number of likely N-dealkylation sites (N-methyl/N-ethyl adjacent to an activating group) is 2. The lowest BCUT2D eigenvalue weighted by molar-refractivity contribution is 0.0931. The molecule has 1 saturated carbocycles. The van der Waals surface area contributed by atoms with Crippen molar-refractivity contribution in [2.75, 3.05) is 13.1 Å². The summed E-state index contributed by atoms with van der Waals surface area (Å²) >= 11 is 0. The van der Waals surface area contributed by atoms with E-state index in [1.165, 1.54) is 45.1 Å². The zero-order valence-electron chi connectivity index (χ0n) is 13.6. The molecule has 0 aliphatic heterocycles. The van der Waals surface area contributed by atoms with Gasteiger partial charge in [-0.25, -0.2) is 0 Å². The zero-order chi connectivity index (χ0) is 14.7. The number of benzene rings is 1. The molecule has 2 nitrogen and oxygen atoms in total. The normalized spacial score (nSPS) is 26.2. The van der Waals surface area contributed by atoms with Gasteiger partial charge in [-0.1, -0.05) is 57.4 Å². The van der Waals surface area contributed by atoms with E-state index in [9.17, 15) is 0 Å². The molecule has 0 heterocycles. The molecule has 2 atom stereocenters. The Kier molecular flexibility index (Phi) is 4.97. The van der Waals surface area contributed by atoms with E-state index < -0.39 is 0 Å². The van der Waals surface area contributed by atoms with Gasteiger partial charge in [0.05, 0.1) is 0 Å². The minimum absolute atomic E-state index is 0.521. The number of fused-ring (bicyclic) bond motifs is 1. The minimum Gasteiger partial charge on any atom is -0.309 e. The summed E-state index contributed by atoms with van der Waals surface area (Å²) in [5, 5.41) is 3.76. The van der Waals surface area contributed by atoms with Crippen molar-refractivity contribution >= 4 is 0 Å². The maximum atomic E-state index is 3.76. The van der Waals surface area contributed by atoms with Crippen molar-refractivity contribution in [1.29, 1.82) is 0 Å². The molecule has 0 amide bonds. The van der Waals surface area contributed by atoms with Crippen LogP contribution in [0.1, 0.15) is 63.1 Å². The molecule has 2 aliphatic rings. The van der Waals surface area contributed by atoms with Gasteiger partial charge in [-0.3, -0.25) is 4.90 Å². The van der Waals surface area contributed by atoms with Gasteiger partial charge in [-0.15, -0.1) is 0 Å². The number of hydrogen-bond donors (Lipinski definition) is 1. The van der Waals surface area contributed by atoms with Crippen LogP contribution in [0, 0.1) is 0 Å². The van der Waals surface area contributed by atoms with Crippen molar-refractivity contribution in [1.82, 2.24) is 10.2 Å². The second-order valence-corrected chi connectivity index (χ2v) is 6.63. The molecule has 3 rings (SSSR count). The summed E-state index contributed by atoms with van der Waals surface area (Å²) in [7, 11) is 0. The van der Waals surface area contributed by atoms with Gasteiger partial charge in [0.2, 0.25) is 0 Å². The summed E-state index contributed by atoms with van der Waals surface area (Å²) in [5.41, 5.74) is 3.10. The maximum absolute atomic E-state index is 3.76. The van der Waals surface area contributed by atoms with Gasteiger partial charge in [0, 0.05) is 18.1 Å². The number of rotatable bonds is 5. The van der Waals surface area contributed by atoms with E-state index in [0.717, 1.165) is 12.6 Å². The van der Waals surface area contributed by atoms with E-state index >= 15 is 0 Å². The number of nitrogens with zero attached hydrogens (tertiary/aromatic N) is 1. The average Bonchev–Trinajstić information content (AvgIpc) is 2.89. The molecule has 116 valence electrons. The smallest absolute Gasteiger partial charge is 0.0484 e. The quantitative estimate of drug-likeness (QED) is 0.882. The van der Waals surface area contributed by atoms with Crippen LogP contribution in [-0.2, 0) is 6.42 Å². The monoisotopic (exact) mass is 286 g/mol. The molecule has 21 heavy (non-hydrogen) atoms. The van der Waals surface area contributed by atoms with Crippen LogP contribution in [0.2, 0.25) is 0 Å². The largest absolute Gasteiger partial charge is 0.309 e. The average molecular weight is 286 g/mol. The first-order chi connectivity index (χ1) is 10.3. The summed E-state index contributed by atoms with van der Waals surface area (Å²) < 4.78 is 0. The van der Waals surface area contributed by atoms with Crippen LogP contribution >= 0.6 is 0 Å². The van der Waals surface area contributed by atoms with E-state index in [0.29, 0.717) is 12.1 Å². The molecular weight excluding hydrogens is 256 g/mol. The third-order valence-electron chi connectivity index (χ3n) is 5.46. The van der Waals surface area contributed by atoms with Crippen molar-refractivity contribution < 1.29 is 0 Å². The fourth-order valence-corrected chi connectivity index (χ4v) is 4.52. The SMILES string of the molecule is CCNC1c2ccccc2CC1N(CC)C1CCCCC1. The Labute approximate surface area is 129 Å². The van der Waals surface area contributed by atoms with Gasteiger partial charge in [0.25, 0.3) is 0 Å². The highest BCUT2D eigenvalue weighted by atomic mass is 15.2. The molecule has 1 aromatic rings. The van der Waals surface area contributed by atoms with Gasteiger partial charge < -0.3 is 5.32 Å². The maximum Gasteiger partial charge on any atom is 0.0484 e. The van der Waals surface area contributed by atoms with Crippen LogP contribution in [0.4, 0.5) is 0 Å². The molecule has 2 heteroatoms. The molecule has 0 saturated heterocycles. The van der Waals surface area contributed by atoms with Gasteiger partial charge in [-0.05, 0) is 43.5 Å². The minimum atomic E-state index is 0.521. The Balaban J connectivity index is 1.82. The molecule has 0 bridgehead atoms. The van der Waals surface area contributed by atoms with Crippen LogP contribution in [0.25, 0.3) is 0 Å². The molecule has 1 N–H and O–H groups in total. The lowest BCUT2D eigenvalue weighted by Crippen LogP contribution is -2.48. The highest BCUT2D eigenvalue weighted by Gasteiger charge is 2.37. The topological polar surface area (TPSA) is 15.3 Å². The summed E-state index contributed by atoms with van der Waals surface area (Å²) in [6.07, 6.45) is 8.31. The van der Waals surface area contributed by atoms with Crippen molar-refractivity contribution in [3.63, 3.8) is 0 Å². The van der Waals surface area contributed by atoms with Crippen molar-refractivity contribution in [3.05, 3.63) is 35.4 Å². The van der Waals surface area contributed by atoms with Crippen molar-refractivity contribution in [2.45, 2.75) is 70.5 Å². The molecule has 2 aliphatic carbocycles. The lowest BCUT2D eigenvalue weighted by atomic mass is 9.92. The highest BCUT2D eigenvalue weighted by molar-refractivity contribution is 5.37. The fraction of sp³-hybridized carbons (Fsp3) is 0.684. The van der Waals surface area contributed by atoms with Crippen molar-refractivity contribution in [2.24, 2.45) is 0 Å². The summed E-state index contributed by atoms with van der Waals surface area (Å²) in [6, 6.07) is 11.0. The Morgan fingerprint density at radius 2 is 1.86 bits per heavy atom. The molecule has 1 fully saturated rings. The van der Waals surface area contributed by atoms with E-state index in [1.54, 1.807) is 11.1 Å². The van der Waals surface area contributed by atoms with Crippen LogP contribution in [-0.4, -0.2) is 30.1 Å². The number of nitrogens with one attached hydrogen (secondary N) is 1. The predicted molar refractivity (Wildman–Crippen MR) is 89.6 cm³/mol. The first-order valence-electron chi connectivity index (χ1n) is 8.92. The predicted octanol–water partition coefficient (Wildman–Crippen LogP) is 3.92. The van der Waals surface area contributed by atoms with Crippen molar-refractivity contribution in [3.8, 4) is 0 Å². The van der Waals surface area contributed by atoms with Gasteiger partial charge in [0.1, 0.15) is 0 Å². The van der Waals surface area contributed by atoms with Gasteiger partial charge >= 0.3 is 0 Å². The molecular formula is C19H30N2. The second-order valence-electron chi connectivity index (χ2n) is 6.63. The van der Waals surface area contributed by atoms with E-state index in [2.05, 4.69) is 48.3 Å². The van der Waals surface area contributed by atoms with Gasteiger partial charge in [-0.2, -0.15) is 0 Å². The highest BCUT2D eigenvalue weighted by Crippen LogP contribution is 2.37. The molecule has 0 radical (unpaired) electrons. The first kappa shape index (κ1) is 15.1. The lowest BCUT2D eigenvalue weighted by Gasteiger charge is -2.40. The summed E-state index contributed by atoms with van der Waals surface area (Å²) in [4.78, 5) is 2.81. The molecule has 1 aromatic carbocycles. The van der Waals surface area contributed by atoms with E-state index in [-0.39, 0.29) is 0 Å². The fourth-order valence-electron chi connectivity index (χ4n) is 4.52.